The van der Waals surface area contributed by atoms with Gasteiger partial charge in [-0.25, -0.2) is 13.4 Å². The van der Waals surface area contributed by atoms with Gasteiger partial charge in [0.25, 0.3) is 0 Å². The Kier molecular flexibility index (Phi) is 5.44. The fourth-order valence-corrected chi connectivity index (χ4v) is 2.65. The van der Waals surface area contributed by atoms with E-state index in [0.717, 1.165) is 10.00 Å². The first kappa shape index (κ1) is 15.6. The van der Waals surface area contributed by atoms with Crippen LogP contribution >= 0.6 is 0 Å². The lowest BCUT2D eigenvalue weighted by molar-refractivity contribution is -0.116. The molecule has 6 nitrogen and oxygen atoms in total. The number of sulfonamides is 1. The van der Waals surface area contributed by atoms with Crippen LogP contribution < -0.4 is 5.32 Å². The maximum absolute atomic E-state index is 11.7. The molecule has 0 aromatic carbocycles. The van der Waals surface area contributed by atoms with Crippen LogP contribution in [0, 0.1) is 6.92 Å². The van der Waals surface area contributed by atoms with Crippen LogP contribution in [-0.2, 0) is 14.8 Å². The number of amides is 1. The summed E-state index contributed by atoms with van der Waals surface area (Å²) in [6.07, 6.45) is 0.522. The summed E-state index contributed by atoms with van der Waals surface area (Å²) < 4.78 is 24.5. The molecule has 0 aliphatic carbocycles. The normalized spacial score (nSPS) is 11.6. The number of rotatable bonds is 6. The molecule has 1 rings (SSSR count). The zero-order chi connectivity index (χ0) is 14.5. The highest BCUT2D eigenvalue weighted by molar-refractivity contribution is 7.89. The summed E-state index contributed by atoms with van der Waals surface area (Å²) in [6, 6.07) is 5.24. The largest absolute Gasteiger partial charge is 0.310 e. The van der Waals surface area contributed by atoms with Crippen molar-refractivity contribution in [2.75, 3.05) is 24.7 Å². The number of aryl methyl sites for hydroxylation is 1. The standard InChI is InChI=1S/C12H19N3O3S/c1-4-8-19(17,18)15(3)9-12(16)14-11-7-5-6-10(2)13-11/h5-7H,4,8-9H2,1-3H3,(H,13,14,16). The van der Waals surface area contributed by atoms with Crippen LogP contribution in [0.4, 0.5) is 5.82 Å². The van der Waals surface area contributed by atoms with Crippen LogP contribution in [0.25, 0.3) is 0 Å². The van der Waals surface area contributed by atoms with Gasteiger partial charge in [-0.2, -0.15) is 4.31 Å². The quantitative estimate of drug-likeness (QED) is 0.845. The highest BCUT2D eigenvalue weighted by Gasteiger charge is 2.19. The molecular formula is C12H19N3O3S. The van der Waals surface area contributed by atoms with Gasteiger partial charge in [0, 0.05) is 12.7 Å². The van der Waals surface area contributed by atoms with Crippen molar-refractivity contribution in [2.24, 2.45) is 0 Å². The molecule has 0 radical (unpaired) electrons. The minimum absolute atomic E-state index is 0.0411. The molecule has 1 aromatic heterocycles. The van der Waals surface area contributed by atoms with Gasteiger partial charge in [-0.3, -0.25) is 4.79 Å². The minimum atomic E-state index is -3.35. The first-order valence-electron chi connectivity index (χ1n) is 6.02. The molecule has 0 unspecified atom stereocenters. The van der Waals surface area contributed by atoms with Crippen molar-refractivity contribution in [3.63, 3.8) is 0 Å². The van der Waals surface area contributed by atoms with Crippen LogP contribution in [0.5, 0.6) is 0 Å². The van der Waals surface area contributed by atoms with Gasteiger partial charge >= 0.3 is 0 Å². The maximum atomic E-state index is 11.7. The smallest absolute Gasteiger partial charge is 0.240 e. The van der Waals surface area contributed by atoms with Crippen molar-refractivity contribution in [2.45, 2.75) is 20.3 Å². The summed E-state index contributed by atoms with van der Waals surface area (Å²) >= 11 is 0. The number of nitrogens with one attached hydrogen (secondary N) is 1. The Balaban J connectivity index is 2.61. The van der Waals surface area contributed by atoms with Crippen LogP contribution in [-0.4, -0.2) is 43.0 Å². The van der Waals surface area contributed by atoms with E-state index in [0.29, 0.717) is 12.2 Å². The van der Waals surface area contributed by atoms with Crippen molar-refractivity contribution < 1.29 is 13.2 Å². The second-order valence-electron chi connectivity index (χ2n) is 4.28. The fraction of sp³-hybridized carbons (Fsp3) is 0.500. The predicted octanol–water partition coefficient (Wildman–Crippen LogP) is 1.00. The van der Waals surface area contributed by atoms with E-state index < -0.39 is 15.9 Å². The lowest BCUT2D eigenvalue weighted by atomic mass is 10.4. The summed E-state index contributed by atoms with van der Waals surface area (Å²) in [7, 11) is -1.96. The van der Waals surface area contributed by atoms with Crippen LogP contribution in [0.3, 0.4) is 0 Å². The van der Waals surface area contributed by atoms with E-state index in [1.165, 1.54) is 7.05 Å². The molecule has 1 N–H and O–H groups in total. The molecule has 1 aromatic rings. The van der Waals surface area contributed by atoms with Crippen LogP contribution in [0.15, 0.2) is 18.2 Å². The molecule has 106 valence electrons. The van der Waals surface area contributed by atoms with Crippen molar-refractivity contribution in [1.29, 1.82) is 0 Å². The average Bonchev–Trinajstić information content (AvgIpc) is 2.28. The molecule has 0 spiro atoms. The minimum Gasteiger partial charge on any atom is -0.310 e. The maximum Gasteiger partial charge on any atom is 0.240 e. The molecule has 0 atom stereocenters. The highest BCUT2D eigenvalue weighted by atomic mass is 32.2. The van der Waals surface area contributed by atoms with E-state index in [2.05, 4.69) is 10.3 Å². The van der Waals surface area contributed by atoms with Gasteiger partial charge in [0.1, 0.15) is 5.82 Å². The molecule has 0 saturated heterocycles. The third-order valence-corrected chi connectivity index (χ3v) is 4.46. The Morgan fingerprint density at radius 1 is 1.42 bits per heavy atom. The van der Waals surface area contributed by atoms with Gasteiger partial charge in [0.05, 0.1) is 12.3 Å². The summed E-state index contributed by atoms with van der Waals surface area (Å²) in [6.45, 7) is 3.38. The number of anilines is 1. The molecule has 19 heavy (non-hydrogen) atoms. The number of carbonyl (C=O) groups excluding carboxylic acids is 1. The molecule has 7 heteroatoms. The van der Waals surface area contributed by atoms with E-state index in [4.69, 9.17) is 0 Å². The lowest BCUT2D eigenvalue weighted by Gasteiger charge is -2.16. The summed E-state index contributed by atoms with van der Waals surface area (Å²) in [5.74, 6) is 0.0611. The molecule has 0 saturated carbocycles. The molecule has 1 amide bonds. The van der Waals surface area contributed by atoms with Gasteiger partial charge < -0.3 is 5.32 Å². The summed E-state index contributed by atoms with van der Waals surface area (Å²) in [4.78, 5) is 15.8. The van der Waals surface area contributed by atoms with Gasteiger partial charge in [0.2, 0.25) is 15.9 Å². The van der Waals surface area contributed by atoms with Gasteiger partial charge in [-0.15, -0.1) is 0 Å². The topological polar surface area (TPSA) is 79.4 Å². The molecule has 0 aliphatic heterocycles. The van der Waals surface area contributed by atoms with E-state index in [9.17, 15) is 13.2 Å². The van der Waals surface area contributed by atoms with Gasteiger partial charge in [0.15, 0.2) is 0 Å². The first-order chi connectivity index (χ1) is 8.85. The van der Waals surface area contributed by atoms with Crippen molar-refractivity contribution >= 4 is 21.7 Å². The van der Waals surface area contributed by atoms with Crippen LogP contribution in [0.2, 0.25) is 0 Å². The summed E-state index contributed by atoms with van der Waals surface area (Å²) in [5.41, 5.74) is 0.782. The Bertz CT molecular complexity index is 543. The fourth-order valence-electron chi connectivity index (χ4n) is 1.51. The van der Waals surface area contributed by atoms with Crippen molar-refractivity contribution in [1.82, 2.24) is 9.29 Å². The van der Waals surface area contributed by atoms with E-state index >= 15 is 0 Å². The number of aromatic nitrogens is 1. The number of hydrogen-bond donors (Lipinski definition) is 1. The van der Waals surface area contributed by atoms with Crippen LogP contribution in [0.1, 0.15) is 19.0 Å². The lowest BCUT2D eigenvalue weighted by Crippen LogP contribution is -2.36. The zero-order valence-corrected chi connectivity index (χ0v) is 12.2. The van der Waals surface area contributed by atoms with E-state index in [1.54, 1.807) is 19.1 Å². The SMILES string of the molecule is CCCS(=O)(=O)N(C)CC(=O)Nc1cccc(C)n1. The number of pyridine rings is 1. The highest BCUT2D eigenvalue weighted by Crippen LogP contribution is 2.05. The molecule has 1 heterocycles. The first-order valence-corrected chi connectivity index (χ1v) is 7.63. The molecular weight excluding hydrogens is 266 g/mol. The second kappa shape index (κ2) is 6.63. The third kappa shape index (κ3) is 4.96. The van der Waals surface area contributed by atoms with E-state index in [1.807, 2.05) is 13.0 Å². The zero-order valence-electron chi connectivity index (χ0n) is 11.4. The molecule has 0 bridgehead atoms. The second-order valence-corrected chi connectivity index (χ2v) is 6.48. The van der Waals surface area contributed by atoms with Crippen molar-refractivity contribution in [3.8, 4) is 0 Å². The van der Waals surface area contributed by atoms with E-state index in [-0.39, 0.29) is 12.3 Å². The Morgan fingerprint density at radius 2 is 2.11 bits per heavy atom. The number of carbonyl (C=O) groups is 1. The number of likely N-dealkylation sites (N-methyl/N-ethyl adjacent to an activating group) is 1. The van der Waals surface area contributed by atoms with Gasteiger partial charge in [-0.05, 0) is 25.5 Å². The Morgan fingerprint density at radius 3 is 2.68 bits per heavy atom. The number of hydrogen-bond acceptors (Lipinski definition) is 4. The Hall–Kier alpha value is -1.47. The number of nitrogens with zero attached hydrogens (tertiary/aromatic N) is 2. The van der Waals surface area contributed by atoms with Gasteiger partial charge in [-0.1, -0.05) is 13.0 Å². The average molecular weight is 285 g/mol. The van der Waals surface area contributed by atoms with Crippen molar-refractivity contribution in [3.05, 3.63) is 23.9 Å². The monoisotopic (exact) mass is 285 g/mol. The Labute approximate surface area is 113 Å². The molecule has 0 fully saturated rings. The molecule has 0 aliphatic rings. The summed E-state index contributed by atoms with van der Waals surface area (Å²) in [5, 5.41) is 2.57. The predicted molar refractivity (Wildman–Crippen MR) is 74.3 cm³/mol. The third-order valence-electron chi connectivity index (χ3n) is 2.46.